The minimum Gasteiger partial charge on any atom is -0.394 e. The quantitative estimate of drug-likeness (QED) is 0.697. The predicted octanol–water partition coefficient (Wildman–Crippen LogP) is 2.54. The van der Waals surface area contributed by atoms with Crippen molar-refractivity contribution in [1.82, 2.24) is 10.6 Å². The van der Waals surface area contributed by atoms with Crippen LogP contribution in [-0.4, -0.2) is 30.9 Å². The summed E-state index contributed by atoms with van der Waals surface area (Å²) in [6.07, 6.45) is -0.291. The van der Waals surface area contributed by atoms with E-state index >= 15 is 0 Å². The van der Waals surface area contributed by atoms with E-state index in [1.807, 2.05) is 61.5 Å². The first-order valence-corrected chi connectivity index (χ1v) is 8.03. The zero-order valence-electron chi connectivity index (χ0n) is 13.9. The number of carbonyl (C=O) groups excluding carboxylic acids is 1. The van der Waals surface area contributed by atoms with Gasteiger partial charge in [-0.25, -0.2) is 4.79 Å². The lowest BCUT2D eigenvalue weighted by atomic mass is 10.1. The second-order valence-electron chi connectivity index (χ2n) is 5.54. The Morgan fingerprint density at radius 3 is 2.46 bits per heavy atom. The molecule has 24 heavy (non-hydrogen) atoms. The van der Waals surface area contributed by atoms with Gasteiger partial charge in [0.05, 0.1) is 19.3 Å². The van der Waals surface area contributed by atoms with Crippen LogP contribution in [0.15, 0.2) is 54.6 Å². The van der Waals surface area contributed by atoms with Crippen molar-refractivity contribution in [3.05, 3.63) is 71.3 Å². The van der Waals surface area contributed by atoms with Gasteiger partial charge in [-0.1, -0.05) is 60.2 Å². The van der Waals surface area contributed by atoms with Gasteiger partial charge in [0, 0.05) is 13.1 Å². The molecule has 5 nitrogen and oxygen atoms in total. The van der Waals surface area contributed by atoms with Crippen molar-refractivity contribution in [2.45, 2.75) is 19.6 Å². The molecule has 3 N–H and O–H groups in total. The highest BCUT2D eigenvalue weighted by molar-refractivity contribution is 5.73. The molecule has 0 bridgehead atoms. The predicted molar refractivity (Wildman–Crippen MR) is 93.6 cm³/mol. The molecule has 1 unspecified atom stereocenters. The summed E-state index contributed by atoms with van der Waals surface area (Å²) in [5.74, 6) is 0. The average molecular weight is 328 g/mol. The monoisotopic (exact) mass is 328 g/mol. The fraction of sp³-hybridized carbons (Fsp3) is 0.316. The van der Waals surface area contributed by atoms with Crippen LogP contribution in [0.25, 0.3) is 0 Å². The average Bonchev–Trinajstić information content (AvgIpc) is 2.62. The van der Waals surface area contributed by atoms with Crippen molar-refractivity contribution >= 4 is 6.03 Å². The summed E-state index contributed by atoms with van der Waals surface area (Å²) in [7, 11) is 0. The molecule has 0 saturated carbocycles. The number of aryl methyl sites for hydroxylation is 1. The van der Waals surface area contributed by atoms with E-state index in [0.717, 1.165) is 16.7 Å². The number of carbonyl (C=O) groups is 1. The van der Waals surface area contributed by atoms with Gasteiger partial charge in [0.25, 0.3) is 0 Å². The van der Waals surface area contributed by atoms with Crippen molar-refractivity contribution in [3.8, 4) is 0 Å². The third-order valence-corrected chi connectivity index (χ3v) is 3.60. The number of rotatable bonds is 8. The first-order chi connectivity index (χ1) is 11.7. The molecule has 1 atom stereocenters. The summed E-state index contributed by atoms with van der Waals surface area (Å²) in [4.78, 5) is 12.0. The zero-order chi connectivity index (χ0) is 17.2. The van der Waals surface area contributed by atoms with Gasteiger partial charge in [-0.15, -0.1) is 0 Å². The van der Waals surface area contributed by atoms with Crippen LogP contribution < -0.4 is 10.6 Å². The molecule has 5 heteroatoms. The van der Waals surface area contributed by atoms with Crippen LogP contribution in [0.5, 0.6) is 0 Å². The number of amides is 2. The summed E-state index contributed by atoms with van der Waals surface area (Å²) in [5, 5.41) is 14.6. The van der Waals surface area contributed by atoms with Crippen molar-refractivity contribution < 1.29 is 14.6 Å². The summed E-state index contributed by atoms with van der Waals surface area (Å²) in [6, 6.07) is 17.4. The Kier molecular flexibility index (Phi) is 7.26. The SMILES string of the molecule is Cc1ccc(C(CNC(=O)NCc2ccccc2)OCCO)cc1. The standard InChI is InChI=1S/C19H24N2O3/c1-15-7-9-17(10-8-15)18(24-12-11-22)14-21-19(23)20-13-16-5-3-2-4-6-16/h2-10,18,22H,11-14H2,1H3,(H2,20,21,23). The van der Waals surface area contributed by atoms with Crippen molar-refractivity contribution in [1.29, 1.82) is 0 Å². The third-order valence-electron chi connectivity index (χ3n) is 3.60. The Bertz CT molecular complexity index is 614. The van der Waals surface area contributed by atoms with E-state index in [1.165, 1.54) is 0 Å². The topological polar surface area (TPSA) is 70.6 Å². The molecule has 2 amide bonds. The highest BCUT2D eigenvalue weighted by Crippen LogP contribution is 2.17. The number of hydrogen-bond donors (Lipinski definition) is 3. The van der Waals surface area contributed by atoms with E-state index in [4.69, 9.17) is 9.84 Å². The molecule has 0 spiro atoms. The van der Waals surface area contributed by atoms with Gasteiger partial charge in [0.15, 0.2) is 0 Å². The molecular weight excluding hydrogens is 304 g/mol. The normalized spacial score (nSPS) is 11.8. The molecule has 2 aromatic rings. The molecule has 128 valence electrons. The summed E-state index contributed by atoms with van der Waals surface area (Å²) < 4.78 is 5.64. The van der Waals surface area contributed by atoms with Gasteiger partial charge in [-0.2, -0.15) is 0 Å². The van der Waals surface area contributed by atoms with Gasteiger partial charge in [-0.05, 0) is 18.1 Å². The van der Waals surface area contributed by atoms with Gasteiger partial charge in [0.1, 0.15) is 0 Å². The fourth-order valence-corrected chi connectivity index (χ4v) is 2.28. The number of urea groups is 1. The first-order valence-electron chi connectivity index (χ1n) is 8.03. The molecule has 0 radical (unpaired) electrons. The van der Waals surface area contributed by atoms with Crippen LogP contribution in [0, 0.1) is 6.92 Å². The summed E-state index contributed by atoms with van der Waals surface area (Å²) in [6.45, 7) is 3.00. The van der Waals surface area contributed by atoms with E-state index < -0.39 is 0 Å². The smallest absolute Gasteiger partial charge is 0.315 e. The van der Waals surface area contributed by atoms with E-state index in [-0.39, 0.29) is 25.3 Å². The lowest BCUT2D eigenvalue weighted by Crippen LogP contribution is -2.38. The molecular formula is C19H24N2O3. The Morgan fingerprint density at radius 2 is 1.79 bits per heavy atom. The second-order valence-corrected chi connectivity index (χ2v) is 5.54. The van der Waals surface area contributed by atoms with Crippen molar-refractivity contribution in [3.63, 3.8) is 0 Å². The highest BCUT2D eigenvalue weighted by atomic mass is 16.5. The zero-order valence-corrected chi connectivity index (χ0v) is 13.9. The van der Waals surface area contributed by atoms with E-state index in [9.17, 15) is 4.79 Å². The molecule has 0 aliphatic rings. The van der Waals surface area contributed by atoms with Crippen molar-refractivity contribution in [2.24, 2.45) is 0 Å². The maximum atomic E-state index is 12.0. The lowest BCUT2D eigenvalue weighted by molar-refractivity contribution is 0.0294. The number of nitrogens with one attached hydrogen (secondary N) is 2. The van der Waals surface area contributed by atoms with Crippen molar-refractivity contribution in [2.75, 3.05) is 19.8 Å². The van der Waals surface area contributed by atoms with Gasteiger partial charge >= 0.3 is 6.03 Å². The van der Waals surface area contributed by atoms with Crippen LogP contribution in [0.3, 0.4) is 0 Å². The van der Waals surface area contributed by atoms with E-state index in [0.29, 0.717) is 13.1 Å². The molecule has 2 aromatic carbocycles. The Labute approximate surface area is 142 Å². The van der Waals surface area contributed by atoms with Crippen LogP contribution in [0.4, 0.5) is 4.79 Å². The molecule has 0 aliphatic heterocycles. The minimum atomic E-state index is -0.291. The van der Waals surface area contributed by atoms with Crippen LogP contribution in [-0.2, 0) is 11.3 Å². The number of aliphatic hydroxyl groups is 1. The number of hydrogen-bond acceptors (Lipinski definition) is 3. The van der Waals surface area contributed by atoms with Gasteiger partial charge in [-0.3, -0.25) is 0 Å². The molecule has 0 fully saturated rings. The van der Waals surface area contributed by atoms with Gasteiger partial charge < -0.3 is 20.5 Å². The molecule has 0 heterocycles. The fourth-order valence-electron chi connectivity index (χ4n) is 2.28. The van der Waals surface area contributed by atoms with Crippen LogP contribution in [0.1, 0.15) is 22.8 Å². The second kappa shape index (κ2) is 9.70. The van der Waals surface area contributed by atoms with Crippen LogP contribution in [0.2, 0.25) is 0 Å². The number of ether oxygens (including phenoxy) is 1. The molecule has 0 aromatic heterocycles. The number of benzene rings is 2. The minimum absolute atomic E-state index is 0.0530. The van der Waals surface area contributed by atoms with E-state index in [2.05, 4.69) is 10.6 Å². The highest BCUT2D eigenvalue weighted by Gasteiger charge is 2.13. The number of aliphatic hydroxyl groups excluding tert-OH is 1. The molecule has 0 saturated heterocycles. The van der Waals surface area contributed by atoms with Gasteiger partial charge in [0.2, 0.25) is 0 Å². The third kappa shape index (κ3) is 6.02. The Morgan fingerprint density at radius 1 is 1.08 bits per heavy atom. The lowest BCUT2D eigenvalue weighted by Gasteiger charge is -2.19. The van der Waals surface area contributed by atoms with E-state index in [1.54, 1.807) is 0 Å². The largest absolute Gasteiger partial charge is 0.394 e. The maximum Gasteiger partial charge on any atom is 0.315 e. The summed E-state index contributed by atoms with van der Waals surface area (Å²) in [5.41, 5.74) is 3.17. The Balaban J connectivity index is 1.85. The first kappa shape index (κ1) is 18.0. The van der Waals surface area contributed by atoms with Crippen LogP contribution >= 0.6 is 0 Å². The maximum absolute atomic E-state index is 12.0. The molecule has 0 aliphatic carbocycles. The summed E-state index contributed by atoms with van der Waals surface area (Å²) >= 11 is 0. The molecule has 2 rings (SSSR count). The Hall–Kier alpha value is -2.37.